The Morgan fingerprint density at radius 3 is 1.18 bits per heavy atom. The molecule has 8 rings (SSSR count). The van der Waals surface area contributed by atoms with Gasteiger partial charge in [-0.25, -0.2) is 9.59 Å². The van der Waals surface area contributed by atoms with Gasteiger partial charge in [-0.1, -0.05) is 0 Å². The van der Waals surface area contributed by atoms with Crippen molar-refractivity contribution in [2.24, 2.45) is 47.3 Å². The second-order valence-electron chi connectivity index (χ2n) is 12.7. The monoisotopic (exact) mass is 460 g/mol. The fraction of sp³-hybridized carbons (Fsp3) is 0.926. The molecule has 0 radical (unpaired) electrons. The molecule has 8 saturated carbocycles. The van der Waals surface area contributed by atoms with Crippen molar-refractivity contribution < 1.29 is 28.5 Å². The first-order valence-electron chi connectivity index (χ1n) is 13.4. The smallest absolute Gasteiger partial charge is 0.332 e. The van der Waals surface area contributed by atoms with Crippen LogP contribution in [0.5, 0.6) is 0 Å². The van der Waals surface area contributed by atoms with Crippen LogP contribution in [0.2, 0.25) is 0 Å². The van der Waals surface area contributed by atoms with E-state index in [9.17, 15) is 9.59 Å². The van der Waals surface area contributed by atoms with Gasteiger partial charge in [0.2, 0.25) is 0 Å². The molecule has 0 heterocycles. The van der Waals surface area contributed by atoms with Crippen molar-refractivity contribution >= 4 is 11.9 Å². The molecular formula is C27H40O6. The molecule has 6 nitrogen and oxygen atoms in total. The molecule has 8 fully saturated rings. The summed E-state index contributed by atoms with van der Waals surface area (Å²) in [7, 11) is 0. The van der Waals surface area contributed by atoms with E-state index in [1.54, 1.807) is 0 Å². The molecular weight excluding hydrogens is 420 g/mol. The third-order valence-corrected chi connectivity index (χ3v) is 10.8. The molecule has 0 N–H and O–H groups in total. The van der Waals surface area contributed by atoms with Crippen LogP contribution in [-0.4, -0.2) is 43.1 Å². The largest absolute Gasteiger partial charge is 0.457 e. The van der Waals surface area contributed by atoms with Gasteiger partial charge in [-0.15, -0.1) is 0 Å². The van der Waals surface area contributed by atoms with Gasteiger partial charge in [0.25, 0.3) is 0 Å². The highest BCUT2D eigenvalue weighted by Crippen LogP contribution is 2.60. The molecule has 0 amide bonds. The van der Waals surface area contributed by atoms with Crippen LogP contribution in [0.4, 0.5) is 0 Å². The maximum absolute atomic E-state index is 12.5. The Morgan fingerprint density at radius 1 is 0.576 bits per heavy atom. The van der Waals surface area contributed by atoms with Gasteiger partial charge < -0.3 is 18.9 Å². The number of carbonyl (C=O) groups is 2. The van der Waals surface area contributed by atoms with Crippen LogP contribution in [0.1, 0.15) is 78.1 Å². The van der Waals surface area contributed by atoms with Crippen molar-refractivity contribution in [1.29, 1.82) is 0 Å². The lowest BCUT2D eigenvalue weighted by Gasteiger charge is -2.59. The fourth-order valence-electron chi connectivity index (χ4n) is 9.43. The van der Waals surface area contributed by atoms with Crippen LogP contribution in [0, 0.1) is 47.3 Å². The molecule has 8 aliphatic rings. The molecule has 0 aliphatic heterocycles. The lowest BCUT2D eigenvalue weighted by atomic mass is 9.50. The second-order valence-corrected chi connectivity index (χ2v) is 12.7. The Labute approximate surface area is 197 Å². The maximum Gasteiger partial charge on any atom is 0.332 e. The van der Waals surface area contributed by atoms with Crippen LogP contribution in [0.15, 0.2) is 0 Å². The molecule has 0 unspecified atom stereocenters. The zero-order valence-electron chi connectivity index (χ0n) is 20.3. The van der Waals surface area contributed by atoms with E-state index in [1.807, 2.05) is 0 Å². The second kappa shape index (κ2) is 8.22. The third kappa shape index (κ3) is 3.93. The van der Waals surface area contributed by atoms with Crippen LogP contribution < -0.4 is 0 Å². The quantitative estimate of drug-likeness (QED) is 0.302. The molecule has 8 bridgehead atoms. The zero-order valence-corrected chi connectivity index (χ0v) is 20.3. The van der Waals surface area contributed by atoms with E-state index in [4.69, 9.17) is 18.9 Å². The molecule has 0 aromatic rings. The highest BCUT2D eigenvalue weighted by molar-refractivity contribution is 5.72. The standard InChI is InChI=1S/C27H40O6/c1-26(20-5-16-3-17(7-20)8-21(26)6-16)32-24(28)13-30-15-31-14-25(29)33-27(2)22-9-18-4-19(11-22)12-23(27)10-18/h16-23H,3-15H2,1-2H3. The van der Waals surface area contributed by atoms with Gasteiger partial charge in [0.15, 0.2) is 0 Å². The molecule has 184 valence electrons. The van der Waals surface area contributed by atoms with Crippen molar-refractivity contribution in [3.63, 3.8) is 0 Å². The van der Waals surface area contributed by atoms with Gasteiger partial charge in [0.05, 0.1) is 0 Å². The summed E-state index contributed by atoms with van der Waals surface area (Å²) in [6, 6.07) is 0. The van der Waals surface area contributed by atoms with Gasteiger partial charge in [-0.2, -0.15) is 0 Å². The minimum atomic E-state index is -0.341. The summed E-state index contributed by atoms with van der Waals surface area (Å²) in [5.74, 6) is 4.69. The van der Waals surface area contributed by atoms with Crippen molar-refractivity contribution in [1.82, 2.24) is 0 Å². The lowest BCUT2D eigenvalue weighted by Crippen LogP contribution is -2.58. The number of esters is 2. The first-order chi connectivity index (χ1) is 15.8. The summed E-state index contributed by atoms with van der Waals surface area (Å²) in [4.78, 5) is 25.0. The minimum absolute atomic E-state index is 0.106. The Balaban J connectivity index is 0.913. The number of rotatable bonds is 8. The highest BCUT2D eigenvalue weighted by atomic mass is 16.7. The number of hydrogen-bond acceptors (Lipinski definition) is 6. The van der Waals surface area contributed by atoms with Crippen LogP contribution >= 0.6 is 0 Å². The first-order valence-corrected chi connectivity index (χ1v) is 13.4. The summed E-state index contributed by atoms with van der Waals surface area (Å²) < 4.78 is 22.8. The van der Waals surface area contributed by atoms with E-state index in [0.717, 1.165) is 23.7 Å². The number of carbonyl (C=O) groups excluding carboxylic acids is 2. The van der Waals surface area contributed by atoms with Crippen molar-refractivity contribution in [3.05, 3.63) is 0 Å². The summed E-state index contributed by atoms with van der Waals surface area (Å²) in [5, 5.41) is 0. The van der Waals surface area contributed by atoms with Gasteiger partial charge in [0, 0.05) is 0 Å². The van der Waals surface area contributed by atoms with Gasteiger partial charge in [-0.05, 0) is 125 Å². The topological polar surface area (TPSA) is 71.1 Å². The van der Waals surface area contributed by atoms with Crippen LogP contribution in [-0.2, 0) is 28.5 Å². The molecule has 8 aliphatic carbocycles. The molecule has 0 aromatic carbocycles. The summed E-state index contributed by atoms with van der Waals surface area (Å²) in [5.41, 5.74) is -0.681. The van der Waals surface area contributed by atoms with Crippen LogP contribution in [0.25, 0.3) is 0 Å². The molecule has 0 saturated heterocycles. The average Bonchev–Trinajstić information content (AvgIpc) is 2.75. The minimum Gasteiger partial charge on any atom is -0.457 e. The highest BCUT2D eigenvalue weighted by Gasteiger charge is 2.58. The van der Waals surface area contributed by atoms with Gasteiger partial charge in [-0.3, -0.25) is 0 Å². The Kier molecular flexibility index (Phi) is 5.56. The fourth-order valence-corrected chi connectivity index (χ4v) is 9.43. The predicted molar refractivity (Wildman–Crippen MR) is 120 cm³/mol. The normalized spacial score (nSPS) is 48.8. The zero-order chi connectivity index (χ0) is 22.8. The van der Waals surface area contributed by atoms with Gasteiger partial charge in [0.1, 0.15) is 31.2 Å². The van der Waals surface area contributed by atoms with E-state index in [2.05, 4.69) is 13.8 Å². The Bertz CT molecular complexity index is 669. The number of ether oxygens (including phenoxy) is 4. The SMILES string of the molecule is CC1(OC(=O)COCOCC(=O)OC2(C)C3CC4CC(C3)CC2C4)C2CC3CC(C2)CC1C3. The summed E-state index contributed by atoms with van der Waals surface area (Å²) >= 11 is 0. The van der Waals surface area contributed by atoms with E-state index in [1.165, 1.54) is 64.2 Å². The molecule has 6 heteroatoms. The average molecular weight is 461 g/mol. The number of hydrogen-bond donors (Lipinski definition) is 0. The van der Waals surface area contributed by atoms with Crippen LogP contribution in [0.3, 0.4) is 0 Å². The van der Waals surface area contributed by atoms with Crippen molar-refractivity contribution in [2.45, 2.75) is 89.3 Å². The van der Waals surface area contributed by atoms with E-state index >= 15 is 0 Å². The molecule has 0 spiro atoms. The van der Waals surface area contributed by atoms with E-state index in [0.29, 0.717) is 23.7 Å². The first kappa shape index (κ1) is 22.3. The van der Waals surface area contributed by atoms with Crippen molar-refractivity contribution in [3.8, 4) is 0 Å². The maximum atomic E-state index is 12.5. The van der Waals surface area contributed by atoms with Gasteiger partial charge >= 0.3 is 11.9 Å². The van der Waals surface area contributed by atoms with E-state index in [-0.39, 0.29) is 43.1 Å². The Morgan fingerprint density at radius 2 is 0.879 bits per heavy atom. The third-order valence-electron chi connectivity index (χ3n) is 10.8. The Hall–Kier alpha value is -1.14. The summed E-state index contributed by atoms with van der Waals surface area (Å²) in [6.45, 7) is 3.89. The lowest BCUT2D eigenvalue weighted by molar-refractivity contribution is -0.212. The van der Waals surface area contributed by atoms with E-state index < -0.39 is 0 Å². The summed E-state index contributed by atoms with van der Waals surface area (Å²) in [6.07, 6.45) is 12.3. The van der Waals surface area contributed by atoms with Crippen molar-refractivity contribution in [2.75, 3.05) is 20.0 Å². The predicted octanol–water partition coefficient (Wildman–Crippen LogP) is 4.49. The molecule has 0 atom stereocenters. The molecule has 0 aromatic heterocycles. The molecule has 33 heavy (non-hydrogen) atoms.